The topological polar surface area (TPSA) is 58.1 Å². The van der Waals surface area contributed by atoms with Gasteiger partial charge in [-0.3, -0.25) is 4.79 Å². The molecule has 1 heterocycles. The first kappa shape index (κ1) is 11.4. The first-order chi connectivity index (χ1) is 7.17. The summed E-state index contributed by atoms with van der Waals surface area (Å²) in [7, 11) is 1.55. The van der Waals surface area contributed by atoms with E-state index in [0.29, 0.717) is 12.4 Å². The number of rotatable bonds is 4. The molecule has 0 atom stereocenters. The zero-order valence-electron chi connectivity index (χ0n) is 8.70. The zero-order chi connectivity index (χ0) is 11.3. The van der Waals surface area contributed by atoms with Crippen LogP contribution in [0.3, 0.4) is 0 Å². The third-order valence-corrected chi connectivity index (χ3v) is 1.94. The molecule has 6 heteroatoms. The maximum Gasteiger partial charge on any atom is 0.239 e. The Kier molecular flexibility index (Phi) is 3.96. The molecule has 1 aromatic rings. The van der Waals surface area contributed by atoms with E-state index in [4.69, 9.17) is 0 Å². The van der Waals surface area contributed by atoms with E-state index in [2.05, 4.69) is 15.3 Å². The van der Waals surface area contributed by atoms with E-state index in [9.17, 15) is 9.18 Å². The third kappa shape index (κ3) is 3.16. The first-order valence-corrected chi connectivity index (χ1v) is 4.60. The van der Waals surface area contributed by atoms with Gasteiger partial charge in [-0.15, -0.1) is 0 Å². The van der Waals surface area contributed by atoms with Crippen LogP contribution in [-0.4, -0.2) is 36.0 Å². The van der Waals surface area contributed by atoms with Gasteiger partial charge in [0.05, 0.1) is 6.54 Å². The second kappa shape index (κ2) is 5.23. The van der Waals surface area contributed by atoms with Crippen molar-refractivity contribution in [3.05, 3.63) is 18.3 Å². The highest BCUT2D eigenvalue weighted by Crippen LogP contribution is 2.09. The number of hydrogen-bond donors (Lipinski definition) is 1. The van der Waals surface area contributed by atoms with Gasteiger partial charge in [-0.25, -0.2) is 9.97 Å². The van der Waals surface area contributed by atoms with E-state index in [1.165, 1.54) is 6.07 Å². The van der Waals surface area contributed by atoms with Gasteiger partial charge >= 0.3 is 0 Å². The average molecular weight is 212 g/mol. The van der Waals surface area contributed by atoms with Gasteiger partial charge in [0.2, 0.25) is 11.9 Å². The Balaban J connectivity index is 2.78. The molecular weight excluding hydrogens is 199 g/mol. The molecule has 1 rings (SSSR count). The number of anilines is 1. The predicted molar refractivity (Wildman–Crippen MR) is 53.9 cm³/mol. The van der Waals surface area contributed by atoms with Gasteiger partial charge in [-0.05, 0) is 6.92 Å². The Morgan fingerprint density at radius 1 is 1.60 bits per heavy atom. The van der Waals surface area contributed by atoms with Crippen LogP contribution in [-0.2, 0) is 4.79 Å². The van der Waals surface area contributed by atoms with Crippen LogP contribution in [0.2, 0.25) is 0 Å². The molecule has 0 bridgehead atoms. The summed E-state index contributed by atoms with van der Waals surface area (Å²) in [5.41, 5.74) is 0. The molecule has 1 amide bonds. The van der Waals surface area contributed by atoms with Crippen LogP contribution in [0.15, 0.2) is 12.4 Å². The maximum absolute atomic E-state index is 12.8. The molecule has 15 heavy (non-hydrogen) atoms. The largest absolute Gasteiger partial charge is 0.358 e. The fourth-order valence-corrected chi connectivity index (χ4v) is 1.10. The van der Waals surface area contributed by atoms with Gasteiger partial charge in [0.1, 0.15) is 12.1 Å². The van der Waals surface area contributed by atoms with Crippen molar-refractivity contribution < 1.29 is 9.18 Å². The Morgan fingerprint density at radius 2 is 2.33 bits per heavy atom. The predicted octanol–water partition coefficient (Wildman–Crippen LogP) is 0.188. The average Bonchev–Trinajstić information content (AvgIpc) is 2.25. The van der Waals surface area contributed by atoms with Crippen molar-refractivity contribution in [2.24, 2.45) is 0 Å². The Labute approximate surface area is 87.3 Å². The van der Waals surface area contributed by atoms with E-state index < -0.39 is 5.95 Å². The summed E-state index contributed by atoms with van der Waals surface area (Å²) in [6.07, 6.45) is 1.14. The van der Waals surface area contributed by atoms with Crippen molar-refractivity contribution in [3.63, 3.8) is 0 Å². The number of halogens is 1. The van der Waals surface area contributed by atoms with Gasteiger partial charge < -0.3 is 10.2 Å². The minimum Gasteiger partial charge on any atom is -0.358 e. The zero-order valence-corrected chi connectivity index (χ0v) is 8.70. The van der Waals surface area contributed by atoms with E-state index in [0.717, 1.165) is 6.33 Å². The fraction of sp³-hybridized carbons (Fsp3) is 0.444. The van der Waals surface area contributed by atoms with Crippen LogP contribution in [0.4, 0.5) is 10.2 Å². The summed E-state index contributed by atoms with van der Waals surface area (Å²) in [5, 5.41) is 2.50. The van der Waals surface area contributed by atoms with Gasteiger partial charge in [-0.1, -0.05) is 0 Å². The molecule has 1 N–H and O–H groups in total. The number of amides is 1. The minimum absolute atomic E-state index is 0.143. The number of aromatic nitrogens is 2. The fourth-order valence-electron chi connectivity index (χ4n) is 1.10. The molecule has 0 saturated carbocycles. The molecule has 0 radical (unpaired) electrons. The number of nitrogens with zero attached hydrogens (tertiary/aromatic N) is 3. The number of likely N-dealkylation sites (N-methyl/N-ethyl adjacent to an activating group) is 2. The Bertz CT molecular complexity index is 345. The summed E-state index contributed by atoms with van der Waals surface area (Å²) in [4.78, 5) is 20.0. The third-order valence-electron chi connectivity index (χ3n) is 1.94. The molecule has 0 saturated heterocycles. The van der Waals surface area contributed by atoms with E-state index in [1.54, 1.807) is 11.9 Å². The van der Waals surface area contributed by atoms with Crippen molar-refractivity contribution in [1.82, 2.24) is 15.3 Å². The van der Waals surface area contributed by atoms with Crippen LogP contribution in [0.5, 0.6) is 0 Å². The van der Waals surface area contributed by atoms with Gasteiger partial charge in [-0.2, -0.15) is 4.39 Å². The second-order valence-corrected chi connectivity index (χ2v) is 2.89. The van der Waals surface area contributed by atoms with Crippen molar-refractivity contribution >= 4 is 11.7 Å². The smallest absolute Gasteiger partial charge is 0.239 e. The van der Waals surface area contributed by atoms with Crippen molar-refractivity contribution in [3.8, 4) is 0 Å². The number of nitrogens with one attached hydrogen (secondary N) is 1. The molecular formula is C9H13FN4O. The normalized spacial score (nSPS) is 9.80. The number of carbonyl (C=O) groups excluding carboxylic acids is 1. The number of carbonyl (C=O) groups is 1. The lowest BCUT2D eigenvalue weighted by molar-refractivity contribution is -0.119. The second-order valence-electron chi connectivity index (χ2n) is 2.89. The van der Waals surface area contributed by atoms with E-state index >= 15 is 0 Å². The van der Waals surface area contributed by atoms with Gasteiger partial charge in [0, 0.05) is 19.7 Å². The lowest BCUT2D eigenvalue weighted by atomic mass is 10.4. The quantitative estimate of drug-likeness (QED) is 0.724. The minimum atomic E-state index is -0.602. The van der Waals surface area contributed by atoms with E-state index in [1.807, 2.05) is 6.92 Å². The maximum atomic E-state index is 12.8. The highest BCUT2D eigenvalue weighted by molar-refractivity contribution is 5.80. The van der Waals surface area contributed by atoms with Gasteiger partial charge in [0.15, 0.2) is 0 Å². The summed E-state index contributed by atoms with van der Waals surface area (Å²) in [6.45, 7) is 2.59. The molecule has 1 aromatic heterocycles. The standard InChI is InChI=1S/C9H13FN4O/c1-3-14(5-9(15)11-2)8-4-7(10)12-6-13-8/h4,6H,3,5H2,1-2H3,(H,11,15). The molecule has 0 aliphatic rings. The summed E-state index contributed by atoms with van der Waals surface area (Å²) < 4.78 is 12.8. The highest BCUT2D eigenvalue weighted by Gasteiger charge is 2.10. The van der Waals surface area contributed by atoms with Crippen molar-refractivity contribution in [2.75, 3.05) is 25.0 Å². The Morgan fingerprint density at radius 3 is 2.87 bits per heavy atom. The molecule has 0 unspecified atom stereocenters. The van der Waals surface area contributed by atoms with Crippen LogP contribution >= 0.6 is 0 Å². The Hall–Kier alpha value is -1.72. The van der Waals surface area contributed by atoms with Crippen LogP contribution in [0, 0.1) is 5.95 Å². The first-order valence-electron chi connectivity index (χ1n) is 4.60. The lowest BCUT2D eigenvalue weighted by Gasteiger charge is -2.20. The molecule has 0 aliphatic heterocycles. The molecule has 82 valence electrons. The lowest BCUT2D eigenvalue weighted by Crippen LogP contribution is -2.36. The van der Waals surface area contributed by atoms with E-state index in [-0.39, 0.29) is 12.5 Å². The number of hydrogen-bond acceptors (Lipinski definition) is 4. The molecule has 0 spiro atoms. The highest BCUT2D eigenvalue weighted by atomic mass is 19.1. The summed E-state index contributed by atoms with van der Waals surface area (Å²) >= 11 is 0. The molecule has 0 aliphatic carbocycles. The van der Waals surface area contributed by atoms with Crippen LogP contribution < -0.4 is 10.2 Å². The van der Waals surface area contributed by atoms with Crippen LogP contribution in [0.25, 0.3) is 0 Å². The summed E-state index contributed by atoms with van der Waals surface area (Å²) in [5.74, 6) is -0.333. The molecule has 0 aromatic carbocycles. The van der Waals surface area contributed by atoms with Crippen molar-refractivity contribution in [2.45, 2.75) is 6.92 Å². The molecule has 0 fully saturated rings. The van der Waals surface area contributed by atoms with Crippen LogP contribution in [0.1, 0.15) is 6.92 Å². The van der Waals surface area contributed by atoms with Gasteiger partial charge in [0.25, 0.3) is 0 Å². The van der Waals surface area contributed by atoms with Crippen molar-refractivity contribution in [1.29, 1.82) is 0 Å². The monoisotopic (exact) mass is 212 g/mol. The SMILES string of the molecule is CCN(CC(=O)NC)c1cc(F)ncn1. The summed E-state index contributed by atoms with van der Waals surface area (Å²) in [6, 6.07) is 1.20. The molecule has 5 nitrogen and oxygen atoms in total.